The van der Waals surface area contributed by atoms with Crippen molar-refractivity contribution >= 4 is 64.2 Å². The number of benzene rings is 6. The van der Waals surface area contributed by atoms with Crippen molar-refractivity contribution in [1.82, 2.24) is 14.5 Å². The summed E-state index contributed by atoms with van der Waals surface area (Å²) in [6.45, 7) is 0. The number of para-hydroxylation sites is 2. The standard InChI is InChI=1S/C39H22N4S/c40-23-24-13-15-25(16-14-24)26-17-19-27(20-18-26)36-32-9-1-4-10-33(32)41-39(42-36)43-34-11-5-2-7-28(34)30-21-22-31-29-8-3-6-12-35(29)44-38(31)37(30)43/h1-22H. The summed E-state index contributed by atoms with van der Waals surface area (Å²) >= 11 is 1.83. The van der Waals surface area contributed by atoms with Gasteiger partial charge in [0.15, 0.2) is 0 Å². The van der Waals surface area contributed by atoms with E-state index in [1.807, 2.05) is 47.7 Å². The maximum absolute atomic E-state index is 9.18. The number of fused-ring (bicyclic) bond motifs is 8. The van der Waals surface area contributed by atoms with Crippen molar-refractivity contribution in [2.24, 2.45) is 0 Å². The molecule has 44 heavy (non-hydrogen) atoms. The minimum Gasteiger partial charge on any atom is -0.276 e. The van der Waals surface area contributed by atoms with Crippen molar-refractivity contribution in [3.05, 3.63) is 139 Å². The zero-order valence-corrected chi connectivity index (χ0v) is 24.2. The van der Waals surface area contributed by atoms with Gasteiger partial charge >= 0.3 is 0 Å². The van der Waals surface area contributed by atoms with Gasteiger partial charge in [0.05, 0.1) is 38.6 Å². The van der Waals surface area contributed by atoms with E-state index < -0.39 is 0 Å². The second kappa shape index (κ2) is 9.60. The second-order valence-corrected chi connectivity index (χ2v) is 12.0. The minimum absolute atomic E-state index is 0.656. The number of hydrogen-bond donors (Lipinski definition) is 0. The van der Waals surface area contributed by atoms with E-state index in [4.69, 9.17) is 9.97 Å². The van der Waals surface area contributed by atoms with Crippen LogP contribution in [0.15, 0.2) is 133 Å². The Hall–Kier alpha value is -5.83. The normalized spacial score (nSPS) is 11.6. The van der Waals surface area contributed by atoms with E-state index in [1.54, 1.807) is 0 Å². The van der Waals surface area contributed by atoms with Gasteiger partial charge in [0.1, 0.15) is 0 Å². The van der Waals surface area contributed by atoms with Crippen molar-refractivity contribution in [1.29, 1.82) is 5.26 Å². The van der Waals surface area contributed by atoms with E-state index >= 15 is 0 Å². The molecule has 3 heterocycles. The Labute approximate surface area is 256 Å². The molecule has 0 aliphatic rings. The van der Waals surface area contributed by atoms with Crippen LogP contribution in [0.3, 0.4) is 0 Å². The fourth-order valence-corrected chi connectivity index (χ4v) is 7.62. The molecule has 6 aromatic carbocycles. The van der Waals surface area contributed by atoms with Crippen LogP contribution in [0.25, 0.3) is 81.2 Å². The van der Waals surface area contributed by atoms with Gasteiger partial charge in [-0.25, -0.2) is 9.97 Å². The Bertz CT molecular complexity index is 2600. The molecular formula is C39H22N4S. The Morgan fingerprint density at radius 2 is 1.18 bits per heavy atom. The third-order valence-corrected chi connectivity index (χ3v) is 9.67. The lowest BCUT2D eigenvalue weighted by Gasteiger charge is -2.12. The summed E-state index contributed by atoms with van der Waals surface area (Å²) in [4.78, 5) is 10.5. The molecule has 204 valence electrons. The van der Waals surface area contributed by atoms with E-state index in [9.17, 15) is 5.26 Å². The van der Waals surface area contributed by atoms with Gasteiger partial charge in [-0.1, -0.05) is 103 Å². The molecule has 0 unspecified atom stereocenters. The molecular weight excluding hydrogens is 557 g/mol. The van der Waals surface area contributed by atoms with Gasteiger partial charge in [-0.3, -0.25) is 4.57 Å². The quantitative estimate of drug-likeness (QED) is 0.210. The molecule has 0 aliphatic carbocycles. The van der Waals surface area contributed by atoms with Crippen LogP contribution in [0.5, 0.6) is 0 Å². The molecule has 0 radical (unpaired) electrons. The molecule has 0 saturated carbocycles. The third kappa shape index (κ3) is 3.69. The molecule has 5 heteroatoms. The van der Waals surface area contributed by atoms with Gasteiger partial charge in [0.2, 0.25) is 5.95 Å². The first-order chi connectivity index (χ1) is 21.8. The summed E-state index contributed by atoms with van der Waals surface area (Å²) in [5, 5.41) is 15.1. The largest absolute Gasteiger partial charge is 0.276 e. The lowest BCUT2D eigenvalue weighted by Crippen LogP contribution is -2.03. The summed E-state index contributed by atoms with van der Waals surface area (Å²) in [5.41, 5.74) is 7.86. The minimum atomic E-state index is 0.656. The fraction of sp³-hybridized carbons (Fsp3) is 0. The number of aromatic nitrogens is 3. The van der Waals surface area contributed by atoms with Crippen LogP contribution in [0.1, 0.15) is 5.56 Å². The van der Waals surface area contributed by atoms with Gasteiger partial charge in [-0.05, 0) is 41.5 Å². The maximum atomic E-state index is 9.18. The van der Waals surface area contributed by atoms with E-state index in [0.29, 0.717) is 11.5 Å². The monoisotopic (exact) mass is 578 g/mol. The average Bonchev–Trinajstić information content (AvgIpc) is 3.64. The summed E-state index contributed by atoms with van der Waals surface area (Å²) in [6.07, 6.45) is 0. The molecule has 0 amide bonds. The number of nitriles is 1. The number of hydrogen-bond acceptors (Lipinski definition) is 4. The summed E-state index contributed by atoms with van der Waals surface area (Å²) in [5.74, 6) is 0.658. The second-order valence-electron chi connectivity index (χ2n) is 10.9. The summed E-state index contributed by atoms with van der Waals surface area (Å²) in [6, 6.07) is 48.3. The number of thiophene rings is 1. The first-order valence-electron chi connectivity index (χ1n) is 14.5. The van der Waals surface area contributed by atoms with Crippen molar-refractivity contribution in [2.75, 3.05) is 0 Å². The van der Waals surface area contributed by atoms with Crippen molar-refractivity contribution in [2.45, 2.75) is 0 Å². The molecule has 0 spiro atoms. The molecule has 9 aromatic rings. The van der Waals surface area contributed by atoms with Crippen LogP contribution in [-0.2, 0) is 0 Å². The molecule has 4 nitrogen and oxygen atoms in total. The Morgan fingerprint density at radius 1 is 0.545 bits per heavy atom. The molecule has 9 rings (SSSR count). The van der Waals surface area contributed by atoms with Crippen LogP contribution in [0.2, 0.25) is 0 Å². The molecule has 0 bridgehead atoms. The average molecular weight is 579 g/mol. The first-order valence-corrected chi connectivity index (χ1v) is 15.3. The molecule has 0 fully saturated rings. The fourth-order valence-electron chi connectivity index (χ4n) is 6.38. The maximum Gasteiger partial charge on any atom is 0.235 e. The highest BCUT2D eigenvalue weighted by atomic mass is 32.1. The molecule has 0 N–H and O–H groups in total. The lowest BCUT2D eigenvalue weighted by molar-refractivity contribution is 1.02. The van der Waals surface area contributed by atoms with E-state index in [2.05, 4.69) is 108 Å². The van der Waals surface area contributed by atoms with Crippen molar-refractivity contribution in [3.8, 4) is 34.4 Å². The number of nitrogens with zero attached hydrogens (tertiary/aromatic N) is 4. The third-order valence-electron chi connectivity index (χ3n) is 8.48. The molecule has 0 saturated heterocycles. The van der Waals surface area contributed by atoms with Gasteiger partial charge in [-0.15, -0.1) is 11.3 Å². The highest BCUT2D eigenvalue weighted by molar-refractivity contribution is 7.26. The van der Waals surface area contributed by atoms with Gasteiger partial charge < -0.3 is 0 Å². The number of rotatable bonds is 3. The highest BCUT2D eigenvalue weighted by Gasteiger charge is 2.20. The van der Waals surface area contributed by atoms with Crippen LogP contribution in [-0.4, -0.2) is 14.5 Å². The van der Waals surface area contributed by atoms with Gasteiger partial charge in [-0.2, -0.15) is 5.26 Å². The Morgan fingerprint density at radius 3 is 1.98 bits per heavy atom. The van der Waals surface area contributed by atoms with Gasteiger partial charge in [0.25, 0.3) is 0 Å². The SMILES string of the molecule is N#Cc1ccc(-c2ccc(-c3nc(-n4c5ccccc5c5ccc6c7ccccc7sc6c54)nc4ccccc34)cc2)cc1. The predicted molar refractivity (Wildman–Crippen MR) is 182 cm³/mol. The van der Waals surface area contributed by atoms with Crippen LogP contribution in [0.4, 0.5) is 0 Å². The van der Waals surface area contributed by atoms with Gasteiger partial charge in [0, 0.05) is 37.2 Å². The van der Waals surface area contributed by atoms with E-state index in [0.717, 1.165) is 44.3 Å². The Balaban J connectivity index is 1.30. The molecule has 0 aliphatic heterocycles. The van der Waals surface area contributed by atoms with Crippen LogP contribution >= 0.6 is 11.3 Å². The molecule has 0 atom stereocenters. The van der Waals surface area contributed by atoms with E-state index in [1.165, 1.54) is 30.9 Å². The zero-order valence-electron chi connectivity index (χ0n) is 23.4. The van der Waals surface area contributed by atoms with Crippen LogP contribution < -0.4 is 0 Å². The smallest absolute Gasteiger partial charge is 0.235 e. The van der Waals surface area contributed by atoms with Crippen LogP contribution in [0, 0.1) is 11.3 Å². The van der Waals surface area contributed by atoms with Crippen molar-refractivity contribution in [3.63, 3.8) is 0 Å². The molecule has 3 aromatic heterocycles. The first kappa shape index (κ1) is 24.7. The van der Waals surface area contributed by atoms with E-state index in [-0.39, 0.29) is 0 Å². The highest BCUT2D eigenvalue weighted by Crippen LogP contribution is 2.43. The lowest BCUT2D eigenvalue weighted by atomic mass is 10.0. The zero-order chi connectivity index (χ0) is 29.2. The Kier molecular flexibility index (Phi) is 5.40. The topological polar surface area (TPSA) is 54.5 Å². The summed E-state index contributed by atoms with van der Waals surface area (Å²) < 4.78 is 4.77. The summed E-state index contributed by atoms with van der Waals surface area (Å²) in [7, 11) is 0. The van der Waals surface area contributed by atoms with Crippen molar-refractivity contribution < 1.29 is 0 Å². The predicted octanol–water partition coefficient (Wildman–Crippen LogP) is 10.3.